The van der Waals surface area contributed by atoms with E-state index in [9.17, 15) is 24.0 Å². The van der Waals surface area contributed by atoms with Crippen molar-refractivity contribution in [2.75, 3.05) is 20.3 Å². The van der Waals surface area contributed by atoms with E-state index in [2.05, 4.69) is 4.74 Å². The Morgan fingerprint density at radius 1 is 1.48 bits per heavy atom. The van der Waals surface area contributed by atoms with Crippen LogP contribution in [0.1, 0.15) is 18.4 Å². The lowest BCUT2D eigenvalue weighted by molar-refractivity contribution is -0.385. The Bertz CT molecular complexity index is 570. The van der Waals surface area contributed by atoms with Gasteiger partial charge in [0.1, 0.15) is 0 Å². The van der Waals surface area contributed by atoms with Crippen molar-refractivity contribution in [2.24, 2.45) is 0 Å². The van der Waals surface area contributed by atoms with Crippen molar-refractivity contribution >= 4 is 5.69 Å². The summed E-state index contributed by atoms with van der Waals surface area (Å²) < 4.78 is 34.1. The zero-order valence-corrected chi connectivity index (χ0v) is 12.6. The van der Waals surface area contributed by atoms with Crippen LogP contribution >= 0.6 is 0 Å². The zero-order chi connectivity index (χ0) is 17.0. The largest absolute Gasteiger partial charge is 0.493 e. The molecule has 1 aliphatic rings. The molecule has 1 aromatic carbocycles. The maximum atomic E-state index is 12.4. The van der Waals surface area contributed by atoms with Gasteiger partial charge in [0.2, 0.25) is 0 Å². The van der Waals surface area contributed by atoms with Gasteiger partial charge in [-0.15, -0.1) is 0 Å². The summed E-state index contributed by atoms with van der Waals surface area (Å²) in [5.41, 5.74) is 0.0128. The standard InChI is InChI=1S/C14H18F2N2O5/c1-22-12-5-9(7-17-4-2-3-10(17)8-19)11(18(20)21)6-13(12)23-14(15)16/h5-6,10,14,19H,2-4,7-8H2,1H3/t10-/m0/s1. The Morgan fingerprint density at radius 3 is 2.78 bits per heavy atom. The van der Waals surface area contributed by atoms with E-state index in [0.29, 0.717) is 12.1 Å². The molecule has 0 aromatic heterocycles. The van der Waals surface area contributed by atoms with Crippen molar-refractivity contribution in [1.29, 1.82) is 0 Å². The van der Waals surface area contributed by atoms with E-state index in [1.165, 1.54) is 13.2 Å². The Morgan fingerprint density at radius 2 is 2.22 bits per heavy atom. The second-order valence-corrected chi connectivity index (χ2v) is 5.22. The smallest absolute Gasteiger partial charge is 0.387 e. The Balaban J connectivity index is 2.35. The highest BCUT2D eigenvalue weighted by molar-refractivity contribution is 5.54. The van der Waals surface area contributed by atoms with E-state index in [0.717, 1.165) is 18.9 Å². The molecule has 128 valence electrons. The van der Waals surface area contributed by atoms with Gasteiger partial charge in [-0.25, -0.2) is 0 Å². The summed E-state index contributed by atoms with van der Waals surface area (Å²) >= 11 is 0. The number of rotatable bonds is 7. The highest BCUT2D eigenvalue weighted by atomic mass is 19.3. The number of methoxy groups -OCH3 is 1. The summed E-state index contributed by atoms with van der Waals surface area (Å²) in [6.07, 6.45) is 1.71. The first-order valence-electron chi connectivity index (χ1n) is 7.11. The molecule has 1 heterocycles. The first-order valence-corrected chi connectivity index (χ1v) is 7.11. The van der Waals surface area contributed by atoms with Crippen LogP contribution in [0, 0.1) is 10.1 Å². The van der Waals surface area contributed by atoms with Gasteiger partial charge in [0, 0.05) is 18.2 Å². The van der Waals surface area contributed by atoms with E-state index >= 15 is 0 Å². The van der Waals surface area contributed by atoms with Crippen LogP contribution in [0.5, 0.6) is 11.5 Å². The minimum absolute atomic E-state index is 0.00523. The van der Waals surface area contributed by atoms with E-state index in [1.54, 1.807) is 0 Å². The molecule has 0 spiro atoms. The molecular weight excluding hydrogens is 314 g/mol. The molecule has 0 saturated carbocycles. The second kappa shape index (κ2) is 7.51. The van der Waals surface area contributed by atoms with E-state index in [4.69, 9.17) is 4.74 Å². The van der Waals surface area contributed by atoms with Gasteiger partial charge in [-0.2, -0.15) is 8.78 Å². The minimum Gasteiger partial charge on any atom is -0.493 e. The minimum atomic E-state index is -3.10. The fourth-order valence-corrected chi connectivity index (χ4v) is 2.76. The van der Waals surface area contributed by atoms with Crippen molar-refractivity contribution in [3.05, 3.63) is 27.8 Å². The van der Waals surface area contributed by atoms with Gasteiger partial charge in [-0.3, -0.25) is 15.0 Å². The molecular formula is C14H18F2N2O5. The summed E-state index contributed by atoms with van der Waals surface area (Å²) in [6, 6.07) is 2.23. The lowest BCUT2D eigenvalue weighted by atomic mass is 10.1. The highest BCUT2D eigenvalue weighted by Gasteiger charge is 2.28. The Kier molecular flexibility index (Phi) is 5.67. The number of halogens is 2. The molecule has 0 radical (unpaired) electrons. The topological polar surface area (TPSA) is 85.1 Å². The number of likely N-dealkylation sites (tertiary alicyclic amines) is 1. The number of alkyl halides is 2. The number of aliphatic hydroxyl groups excluding tert-OH is 1. The lowest BCUT2D eigenvalue weighted by Crippen LogP contribution is -2.31. The van der Waals surface area contributed by atoms with Crippen LogP contribution in [0.25, 0.3) is 0 Å². The van der Waals surface area contributed by atoms with Crippen molar-refractivity contribution < 1.29 is 28.3 Å². The average Bonchev–Trinajstić information content (AvgIpc) is 2.94. The predicted octanol–water partition coefficient (Wildman–Crippen LogP) is 2.16. The number of nitrogens with zero attached hydrogens (tertiary/aromatic N) is 2. The molecule has 1 atom stereocenters. The number of nitro benzene ring substituents is 1. The van der Waals surface area contributed by atoms with Gasteiger partial charge in [0.15, 0.2) is 11.5 Å². The van der Waals surface area contributed by atoms with Crippen LogP contribution in [-0.4, -0.2) is 47.8 Å². The second-order valence-electron chi connectivity index (χ2n) is 5.22. The van der Waals surface area contributed by atoms with E-state index in [-0.39, 0.29) is 36.4 Å². The number of hydrogen-bond donors (Lipinski definition) is 1. The van der Waals surface area contributed by atoms with Gasteiger partial charge in [0.05, 0.1) is 24.7 Å². The number of aliphatic hydroxyl groups is 1. The quantitative estimate of drug-likeness (QED) is 0.608. The average molecular weight is 332 g/mol. The third-order valence-corrected chi connectivity index (χ3v) is 3.86. The molecule has 9 heteroatoms. The van der Waals surface area contributed by atoms with Gasteiger partial charge in [0.25, 0.3) is 5.69 Å². The molecule has 2 rings (SSSR count). The summed E-state index contributed by atoms with van der Waals surface area (Å²) in [5.74, 6) is -0.372. The first kappa shape index (κ1) is 17.4. The molecule has 1 saturated heterocycles. The Hall–Kier alpha value is -2.00. The van der Waals surface area contributed by atoms with Crippen molar-refractivity contribution in [3.63, 3.8) is 0 Å². The molecule has 1 fully saturated rings. The van der Waals surface area contributed by atoms with Crippen molar-refractivity contribution in [3.8, 4) is 11.5 Å². The van der Waals surface area contributed by atoms with E-state index < -0.39 is 11.5 Å². The summed E-state index contributed by atoms with van der Waals surface area (Å²) in [6.45, 7) is -2.20. The maximum Gasteiger partial charge on any atom is 0.387 e. The molecule has 0 unspecified atom stereocenters. The van der Waals surface area contributed by atoms with E-state index in [1.807, 2.05) is 4.90 Å². The molecule has 23 heavy (non-hydrogen) atoms. The highest BCUT2D eigenvalue weighted by Crippen LogP contribution is 2.37. The third-order valence-electron chi connectivity index (χ3n) is 3.86. The number of nitro groups is 1. The van der Waals surface area contributed by atoms with Gasteiger partial charge < -0.3 is 14.6 Å². The van der Waals surface area contributed by atoms with Crippen LogP contribution in [0.15, 0.2) is 12.1 Å². The molecule has 1 N–H and O–H groups in total. The van der Waals surface area contributed by atoms with Crippen LogP contribution in [0.3, 0.4) is 0 Å². The van der Waals surface area contributed by atoms with Crippen LogP contribution in [-0.2, 0) is 6.54 Å². The SMILES string of the molecule is COc1cc(CN2CCC[C@H]2CO)c([N+](=O)[O-])cc1OC(F)F. The lowest BCUT2D eigenvalue weighted by Gasteiger charge is -2.23. The number of hydrogen-bond acceptors (Lipinski definition) is 6. The molecule has 1 aromatic rings. The van der Waals surface area contributed by atoms with Crippen molar-refractivity contribution in [1.82, 2.24) is 4.90 Å². The summed E-state index contributed by atoms with van der Waals surface area (Å²) in [7, 11) is 1.27. The zero-order valence-electron chi connectivity index (χ0n) is 12.6. The molecule has 0 aliphatic carbocycles. The van der Waals surface area contributed by atoms with Gasteiger partial charge in [-0.05, 0) is 25.5 Å². The predicted molar refractivity (Wildman–Crippen MR) is 76.8 cm³/mol. The molecule has 0 bridgehead atoms. The Labute approximate surface area is 131 Å². The number of benzene rings is 1. The van der Waals surface area contributed by atoms with Crippen LogP contribution < -0.4 is 9.47 Å². The fourth-order valence-electron chi connectivity index (χ4n) is 2.76. The van der Waals surface area contributed by atoms with Gasteiger partial charge >= 0.3 is 6.61 Å². The maximum absolute atomic E-state index is 12.4. The third kappa shape index (κ3) is 4.05. The summed E-state index contributed by atoms with van der Waals surface area (Å²) in [5, 5.41) is 20.6. The first-order chi connectivity index (χ1) is 11.0. The van der Waals surface area contributed by atoms with Gasteiger partial charge in [-0.1, -0.05) is 0 Å². The molecule has 1 aliphatic heterocycles. The number of ether oxygens (including phenoxy) is 2. The molecule has 7 nitrogen and oxygen atoms in total. The van der Waals surface area contributed by atoms with Crippen LogP contribution in [0.2, 0.25) is 0 Å². The van der Waals surface area contributed by atoms with Crippen molar-refractivity contribution in [2.45, 2.75) is 32.0 Å². The normalized spacial score (nSPS) is 18.4. The summed E-state index contributed by atoms with van der Waals surface area (Å²) in [4.78, 5) is 12.5. The van der Waals surface area contributed by atoms with Crippen LogP contribution in [0.4, 0.5) is 14.5 Å². The fraction of sp³-hybridized carbons (Fsp3) is 0.571. The monoisotopic (exact) mass is 332 g/mol. The molecule has 0 amide bonds.